The highest BCUT2D eigenvalue weighted by Gasteiger charge is 2.30. The fourth-order valence-corrected chi connectivity index (χ4v) is 3.33. The van der Waals surface area contributed by atoms with Gasteiger partial charge in [0.05, 0.1) is 12.4 Å². The maximum Gasteiger partial charge on any atom is 0.110 e. The van der Waals surface area contributed by atoms with Crippen LogP contribution in [0.2, 0.25) is 0 Å². The van der Waals surface area contributed by atoms with Crippen LogP contribution in [-0.2, 0) is 11.3 Å². The minimum Gasteiger partial charge on any atom is -0.497 e. The van der Waals surface area contributed by atoms with Crippen LogP contribution in [0, 0.1) is 0 Å². The Morgan fingerprint density at radius 1 is 1.23 bits per heavy atom. The Balaban J connectivity index is 1.47. The summed E-state index contributed by atoms with van der Waals surface area (Å²) in [6, 6.07) is 10.9. The molecular formula is C18H26N2O2. The zero-order valence-corrected chi connectivity index (χ0v) is 13.0. The van der Waals surface area contributed by atoms with Gasteiger partial charge in [0.2, 0.25) is 0 Å². The molecule has 1 aromatic carbocycles. The number of aliphatic hydroxyl groups excluding tert-OH is 1. The number of benzene rings is 1. The molecule has 22 heavy (non-hydrogen) atoms. The number of ether oxygens (including phenoxy) is 1. The van der Waals surface area contributed by atoms with E-state index in [9.17, 15) is 5.11 Å². The van der Waals surface area contributed by atoms with Gasteiger partial charge in [-0.1, -0.05) is 30.3 Å². The van der Waals surface area contributed by atoms with Crippen molar-refractivity contribution in [2.45, 2.75) is 44.1 Å². The van der Waals surface area contributed by atoms with Crippen LogP contribution < -0.4 is 5.32 Å². The summed E-state index contributed by atoms with van der Waals surface area (Å²) >= 11 is 0. The molecule has 0 bridgehead atoms. The molecule has 0 saturated carbocycles. The third-order valence-electron chi connectivity index (χ3n) is 4.51. The quantitative estimate of drug-likeness (QED) is 0.842. The summed E-state index contributed by atoms with van der Waals surface area (Å²) in [4.78, 5) is 2.38. The molecule has 0 unspecified atom stereocenters. The minimum atomic E-state index is -0.204. The standard InChI is InChI=1S/C18H26N2O2/c21-17-10-16(11-19-12-18-8-4-5-9-22-18)20(14-17)13-15-6-2-1-3-7-15/h1-3,5-7,9,16-19,21H,4,8,10-14H2/t16-,17+,18+/m0/s1. The van der Waals surface area contributed by atoms with Crippen LogP contribution in [0.25, 0.3) is 0 Å². The molecule has 3 atom stereocenters. The highest BCUT2D eigenvalue weighted by Crippen LogP contribution is 2.20. The van der Waals surface area contributed by atoms with E-state index >= 15 is 0 Å². The number of hydrogen-bond donors (Lipinski definition) is 2. The second-order valence-corrected chi connectivity index (χ2v) is 6.32. The summed E-state index contributed by atoms with van der Waals surface area (Å²) in [5.41, 5.74) is 1.31. The molecule has 0 amide bonds. The maximum atomic E-state index is 9.99. The molecule has 0 radical (unpaired) electrons. The fourth-order valence-electron chi connectivity index (χ4n) is 3.33. The van der Waals surface area contributed by atoms with Gasteiger partial charge in [-0.3, -0.25) is 4.90 Å². The first-order chi connectivity index (χ1) is 10.8. The third kappa shape index (κ3) is 4.32. The van der Waals surface area contributed by atoms with Crippen molar-refractivity contribution in [3.63, 3.8) is 0 Å². The summed E-state index contributed by atoms with van der Waals surface area (Å²) < 4.78 is 5.58. The van der Waals surface area contributed by atoms with Crippen LogP contribution in [0.15, 0.2) is 42.7 Å². The number of likely N-dealkylation sites (tertiary alicyclic amines) is 1. The van der Waals surface area contributed by atoms with Gasteiger partial charge in [-0.05, 0) is 30.9 Å². The topological polar surface area (TPSA) is 44.7 Å². The van der Waals surface area contributed by atoms with Crippen molar-refractivity contribution in [1.82, 2.24) is 10.2 Å². The SMILES string of the molecule is O[C@@H]1C[C@@H](CNC[C@H]2CCC=CO2)N(Cc2ccccc2)C1. The van der Waals surface area contributed by atoms with E-state index in [0.717, 1.165) is 45.4 Å². The van der Waals surface area contributed by atoms with Crippen molar-refractivity contribution in [2.75, 3.05) is 19.6 Å². The van der Waals surface area contributed by atoms with Crippen molar-refractivity contribution >= 4 is 0 Å². The highest BCUT2D eigenvalue weighted by molar-refractivity contribution is 5.15. The van der Waals surface area contributed by atoms with Gasteiger partial charge in [0.15, 0.2) is 0 Å². The van der Waals surface area contributed by atoms with Crippen LogP contribution in [0.5, 0.6) is 0 Å². The molecule has 0 aliphatic carbocycles. The van der Waals surface area contributed by atoms with Crippen molar-refractivity contribution in [2.24, 2.45) is 0 Å². The molecule has 120 valence electrons. The third-order valence-corrected chi connectivity index (χ3v) is 4.51. The molecule has 1 saturated heterocycles. The van der Waals surface area contributed by atoms with Crippen molar-refractivity contribution in [3.05, 3.63) is 48.2 Å². The number of allylic oxidation sites excluding steroid dienone is 1. The van der Waals surface area contributed by atoms with Gasteiger partial charge in [-0.2, -0.15) is 0 Å². The predicted octanol–water partition coefficient (Wildman–Crippen LogP) is 1.90. The fraction of sp³-hybridized carbons (Fsp3) is 0.556. The Morgan fingerprint density at radius 3 is 2.86 bits per heavy atom. The zero-order chi connectivity index (χ0) is 15.2. The summed E-state index contributed by atoms with van der Waals surface area (Å²) in [6.07, 6.45) is 7.02. The second-order valence-electron chi connectivity index (χ2n) is 6.32. The Labute approximate surface area is 132 Å². The van der Waals surface area contributed by atoms with Crippen LogP contribution in [0.4, 0.5) is 0 Å². The lowest BCUT2D eigenvalue weighted by molar-refractivity contribution is 0.119. The van der Waals surface area contributed by atoms with Crippen LogP contribution in [-0.4, -0.2) is 47.9 Å². The number of nitrogens with zero attached hydrogens (tertiary/aromatic N) is 1. The predicted molar refractivity (Wildman–Crippen MR) is 87.4 cm³/mol. The van der Waals surface area contributed by atoms with Crippen molar-refractivity contribution in [1.29, 1.82) is 0 Å². The summed E-state index contributed by atoms with van der Waals surface area (Å²) in [5.74, 6) is 0. The Hall–Kier alpha value is -1.36. The molecule has 1 aromatic rings. The Morgan fingerprint density at radius 2 is 2.09 bits per heavy atom. The number of nitrogens with one attached hydrogen (secondary N) is 1. The van der Waals surface area contributed by atoms with Crippen LogP contribution >= 0.6 is 0 Å². The van der Waals surface area contributed by atoms with E-state index in [1.54, 1.807) is 0 Å². The van der Waals surface area contributed by atoms with E-state index in [1.165, 1.54) is 5.56 Å². The molecule has 4 heteroatoms. The molecule has 3 rings (SSSR count). The van der Waals surface area contributed by atoms with E-state index in [4.69, 9.17) is 4.74 Å². The molecule has 4 nitrogen and oxygen atoms in total. The summed E-state index contributed by atoms with van der Waals surface area (Å²) in [7, 11) is 0. The van der Waals surface area contributed by atoms with E-state index in [0.29, 0.717) is 12.1 Å². The lowest BCUT2D eigenvalue weighted by Gasteiger charge is -2.26. The van der Waals surface area contributed by atoms with Gasteiger partial charge in [-0.25, -0.2) is 0 Å². The van der Waals surface area contributed by atoms with E-state index < -0.39 is 0 Å². The minimum absolute atomic E-state index is 0.204. The first-order valence-corrected chi connectivity index (χ1v) is 8.28. The molecule has 2 heterocycles. The van der Waals surface area contributed by atoms with Gasteiger partial charge in [0.25, 0.3) is 0 Å². The number of rotatable bonds is 6. The monoisotopic (exact) mass is 302 g/mol. The van der Waals surface area contributed by atoms with E-state index in [1.807, 2.05) is 12.3 Å². The lowest BCUT2D eigenvalue weighted by atomic mass is 10.1. The lowest BCUT2D eigenvalue weighted by Crippen LogP contribution is -2.40. The molecular weight excluding hydrogens is 276 g/mol. The zero-order valence-electron chi connectivity index (χ0n) is 13.0. The normalized spacial score (nSPS) is 28.7. The smallest absolute Gasteiger partial charge is 0.110 e. The Kier molecular flexibility index (Phi) is 5.48. The first kappa shape index (κ1) is 15.5. The number of hydrogen-bond acceptors (Lipinski definition) is 4. The van der Waals surface area contributed by atoms with Crippen molar-refractivity contribution < 1.29 is 9.84 Å². The molecule has 1 fully saturated rings. The molecule has 0 spiro atoms. The molecule has 2 aliphatic heterocycles. The van der Waals surface area contributed by atoms with Gasteiger partial charge in [-0.15, -0.1) is 0 Å². The number of β-amino-alcohol motifs (C(OH)–C–C–N with tert-alkyl or cyclic N) is 1. The Bertz CT molecular complexity index is 477. The largest absolute Gasteiger partial charge is 0.497 e. The number of aliphatic hydroxyl groups is 1. The maximum absolute atomic E-state index is 9.99. The average Bonchev–Trinajstić information content (AvgIpc) is 2.89. The average molecular weight is 302 g/mol. The summed E-state index contributed by atoms with van der Waals surface area (Å²) in [5, 5.41) is 13.5. The van der Waals surface area contributed by atoms with Gasteiger partial charge in [0, 0.05) is 32.2 Å². The van der Waals surface area contributed by atoms with E-state index in [-0.39, 0.29) is 6.10 Å². The summed E-state index contributed by atoms with van der Waals surface area (Å²) in [6.45, 7) is 3.47. The molecule has 0 aromatic heterocycles. The van der Waals surface area contributed by atoms with E-state index in [2.05, 4.69) is 40.6 Å². The van der Waals surface area contributed by atoms with Gasteiger partial charge < -0.3 is 15.2 Å². The van der Waals surface area contributed by atoms with Crippen molar-refractivity contribution in [3.8, 4) is 0 Å². The first-order valence-electron chi connectivity index (χ1n) is 8.28. The molecule has 2 N–H and O–H groups in total. The molecule has 2 aliphatic rings. The highest BCUT2D eigenvalue weighted by atomic mass is 16.5. The van der Waals surface area contributed by atoms with Gasteiger partial charge in [0.1, 0.15) is 6.10 Å². The van der Waals surface area contributed by atoms with Crippen LogP contribution in [0.3, 0.4) is 0 Å². The van der Waals surface area contributed by atoms with Gasteiger partial charge >= 0.3 is 0 Å². The van der Waals surface area contributed by atoms with Crippen LogP contribution in [0.1, 0.15) is 24.8 Å². The second kappa shape index (κ2) is 7.77.